The predicted molar refractivity (Wildman–Crippen MR) is 143 cm³/mol. The summed E-state index contributed by atoms with van der Waals surface area (Å²) in [5.74, 6) is -1.76. The van der Waals surface area contributed by atoms with E-state index in [9.17, 15) is 35.1 Å². The third-order valence-corrected chi connectivity index (χ3v) is 10.4. The molecule has 0 aromatic heterocycles. The SMILES string of the molecule is C[C@]12CC[C@@H]3C4=CC(O)(c5ccccc5C(=O)O)C(O)(c5ccccc5C(=O)O)C=C4CC[C@H]3[C@@H]1CC[C@@H]2O. The van der Waals surface area contributed by atoms with E-state index in [1.165, 1.54) is 24.3 Å². The molecular weight excluding hydrogens is 496 g/mol. The van der Waals surface area contributed by atoms with Gasteiger partial charge in [-0.05, 0) is 97.1 Å². The maximum absolute atomic E-state index is 12.6. The lowest BCUT2D eigenvalue weighted by molar-refractivity contribution is -0.108. The fourth-order valence-electron chi connectivity index (χ4n) is 8.38. The first-order valence-electron chi connectivity index (χ1n) is 13.7. The van der Waals surface area contributed by atoms with Crippen LogP contribution in [0.2, 0.25) is 0 Å². The van der Waals surface area contributed by atoms with Gasteiger partial charge in [0, 0.05) is 11.1 Å². The normalized spacial score (nSPS) is 37.1. The number of carboxylic acids is 2. The number of hydrogen-bond acceptors (Lipinski definition) is 5. The number of benzene rings is 2. The molecule has 4 aliphatic carbocycles. The van der Waals surface area contributed by atoms with Gasteiger partial charge >= 0.3 is 11.9 Å². The van der Waals surface area contributed by atoms with E-state index < -0.39 is 23.1 Å². The Bertz CT molecular complexity index is 1430. The van der Waals surface area contributed by atoms with Gasteiger partial charge in [0.2, 0.25) is 0 Å². The van der Waals surface area contributed by atoms with Crippen LogP contribution in [0.1, 0.15) is 77.3 Å². The van der Waals surface area contributed by atoms with Crippen LogP contribution < -0.4 is 0 Å². The van der Waals surface area contributed by atoms with Gasteiger partial charge in [-0.2, -0.15) is 0 Å². The molecule has 6 rings (SSSR count). The van der Waals surface area contributed by atoms with Gasteiger partial charge in [0.05, 0.1) is 17.2 Å². The number of carboxylic acid groups (broad SMARTS) is 2. The summed E-state index contributed by atoms with van der Waals surface area (Å²) in [6.07, 6.45) is 7.80. The largest absolute Gasteiger partial charge is 0.478 e. The monoisotopic (exact) mass is 530 g/mol. The molecule has 3 saturated carbocycles. The van der Waals surface area contributed by atoms with Gasteiger partial charge in [0.15, 0.2) is 0 Å². The highest BCUT2D eigenvalue weighted by molar-refractivity contribution is 5.91. The second-order valence-electron chi connectivity index (χ2n) is 12.1. The number of carbonyl (C=O) groups is 2. The lowest BCUT2D eigenvalue weighted by Crippen LogP contribution is -2.52. The molecule has 4 aliphatic rings. The molecule has 7 atom stereocenters. The average Bonchev–Trinajstić information content (AvgIpc) is 3.23. The van der Waals surface area contributed by atoms with Crippen LogP contribution >= 0.6 is 0 Å². The van der Waals surface area contributed by atoms with Gasteiger partial charge in [0.25, 0.3) is 0 Å². The van der Waals surface area contributed by atoms with Gasteiger partial charge in [-0.15, -0.1) is 0 Å². The van der Waals surface area contributed by atoms with E-state index in [-0.39, 0.29) is 39.7 Å². The number of aliphatic hydroxyl groups excluding tert-OH is 1. The van der Waals surface area contributed by atoms with Gasteiger partial charge in [-0.25, -0.2) is 9.59 Å². The summed E-state index contributed by atoms with van der Waals surface area (Å²) in [7, 11) is 0. The number of aromatic carboxylic acids is 2. The van der Waals surface area contributed by atoms with Gasteiger partial charge in [-0.3, -0.25) is 0 Å². The van der Waals surface area contributed by atoms with Crippen molar-refractivity contribution in [2.75, 3.05) is 0 Å². The highest BCUT2D eigenvalue weighted by Gasteiger charge is 2.59. The van der Waals surface area contributed by atoms with Crippen LogP contribution in [-0.2, 0) is 11.2 Å². The molecule has 5 N–H and O–H groups in total. The Hall–Kier alpha value is -3.26. The molecule has 0 aliphatic heterocycles. The molecule has 0 bridgehead atoms. The van der Waals surface area contributed by atoms with Crippen molar-refractivity contribution in [2.45, 2.75) is 62.8 Å². The smallest absolute Gasteiger partial charge is 0.336 e. The van der Waals surface area contributed by atoms with Crippen molar-refractivity contribution in [1.82, 2.24) is 0 Å². The van der Waals surface area contributed by atoms with Crippen molar-refractivity contribution >= 4 is 11.9 Å². The molecule has 0 heterocycles. The topological polar surface area (TPSA) is 135 Å². The Morgan fingerprint density at radius 3 is 1.95 bits per heavy atom. The third-order valence-electron chi connectivity index (χ3n) is 10.4. The maximum atomic E-state index is 12.6. The minimum atomic E-state index is -2.25. The summed E-state index contributed by atoms with van der Waals surface area (Å²) in [6, 6.07) is 12.0. The lowest BCUT2D eigenvalue weighted by Gasteiger charge is -2.53. The molecule has 2 unspecified atom stereocenters. The number of allylic oxidation sites excluding steroid dienone is 2. The molecule has 0 spiro atoms. The van der Waals surface area contributed by atoms with Crippen molar-refractivity contribution in [3.8, 4) is 0 Å². The molecule has 3 fully saturated rings. The van der Waals surface area contributed by atoms with Crippen molar-refractivity contribution < 1.29 is 35.1 Å². The molecule has 0 saturated heterocycles. The predicted octanol–water partition coefficient (Wildman–Crippen LogP) is 4.62. The lowest BCUT2D eigenvalue weighted by atomic mass is 9.52. The summed E-state index contributed by atoms with van der Waals surface area (Å²) >= 11 is 0. The second-order valence-corrected chi connectivity index (χ2v) is 12.1. The van der Waals surface area contributed by atoms with Crippen LogP contribution in [0.4, 0.5) is 0 Å². The standard InChI is InChI=1S/C32H34O7/c1-30-15-14-19-20(24(30)12-13-27(30)33)11-10-18-16-31(38,25-8-4-2-6-21(25)28(34)35)32(39,17-23(18)19)26-9-5-3-7-22(26)29(36)37/h2-9,16-17,19-20,24,27,33,38-39H,10-15H2,1H3,(H,34,35)(H,36,37)/t19-,20+,24-,27-,30-,31?,32?/m0/s1. The van der Waals surface area contributed by atoms with Crippen LogP contribution in [0.15, 0.2) is 71.8 Å². The minimum Gasteiger partial charge on any atom is -0.478 e. The summed E-state index contributed by atoms with van der Waals surface area (Å²) in [6.45, 7) is 2.19. The molecular formula is C32H34O7. The van der Waals surface area contributed by atoms with Crippen LogP contribution in [0, 0.1) is 23.2 Å². The fraction of sp³-hybridized carbons (Fsp3) is 0.438. The molecule has 7 nitrogen and oxygen atoms in total. The van der Waals surface area contributed by atoms with E-state index in [1.54, 1.807) is 36.4 Å². The Balaban J connectivity index is 1.56. The third kappa shape index (κ3) is 3.60. The first kappa shape index (κ1) is 26.0. The van der Waals surface area contributed by atoms with E-state index in [1.807, 2.05) is 0 Å². The number of rotatable bonds is 4. The zero-order chi connectivity index (χ0) is 27.7. The van der Waals surface area contributed by atoms with E-state index in [2.05, 4.69) is 6.92 Å². The zero-order valence-electron chi connectivity index (χ0n) is 21.9. The summed E-state index contributed by atoms with van der Waals surface area (Å²) < 4.78 is 0. The molecule has 0 radical (unpaired) electrons. The molecule has 0 amide bonds. The summed E-state index contributed by atoms with van der Waals surface area (Å²) in [5, 5.41) is 55.8. The van der Waals surface area contributed by atoms with Gasteiger partial charge < -0.3 is 25.5 Å². The van der Waals surface area contributed by atoms with E-state index >= 15 is 0 Å². The second kappa shape index (κ2) is 8.88. The first-order valence-corrected chi connectivity index (χ1v) is 13.7. The summed E-state index contributed by atoms with van der Waals surface area (Å²) in [5.41, 5.74) is -3.18. The van der Waals surface area contributed by atoms with Gasteiger partial charge in [0.1, 0.15) is 11.2 Å². The van der Waals surface area contributed by atoms with Gasteiger partial charge in [-0.1, -0.05) is 43.3 Å². The van der Waals surface area contributed by atoms with Crippen LogP contribution in [0.25, 0.3) is 0 Å². The van der Waals surface area contributed by atoms with Crippen LogP contribution in [0.3, 0.4) is 0 Å². The minimum absolute atomic E-state index is 0.000231. The average molecular weight is 531 g/mol. The van der Waals surface area contributed by atoms with E-state index in [0.717, 1.165) is 43.3 Å². The Morgan fingerprint density at radius 2 is 1.36 bits per heavy atom. The Labute approximate surface area is 227 Å². The first-order chi connectivity index (χ1) is 18.5. The van der Waals surface area contributed by atoms with Crippen LogP contribution in [-0.4, -0.2) is 43.6 Å². The molecule has 39 heavy (non-hydrogen) atoms. The maximum Gasteiger partial charge on any atom is 0.336 e. The van der Waals surface area contributed by atoms with Crippen molar-refractivity contribution in [2.24, 2.45) is 23.2 Å². The Morgan fingerprint density at radius 1 is 0.795 bits per heavy atom. The van der Waals surface area contributed by atoms with Crippen molar-refractivity contribution in [3.63, 3.8) is 0 Å². The molecule has 2 aromatic rings. The highest BCUT2D eigenvalue weighted by Crippen LogP contribution is 2.63. The highest BCUT2D eigenvalue weighted by atomic mass is 16.4. The van der Waals surface area contributed by atoms with Crippen molar-refractivity contribution in [1.29, 1.82) is 0 Å². The number of fused-ring (bicyclic) bond motifs is 5. The van der Waals surface area contributed by atoms with E-state index in [0.29, 0.717) is 18.3 Å². The molecule has 7 heteroatoms. The quantitative estimate of drug-likeness (QED) is 0.389. The van der Waals surface area contributed by atoms with E-state index in [4.69, 9.17) is 0 Å². The Kier molecular flexibility index (Phi) is 5.92. The molecule has 204 valence electrons. The zero-order valence-corrected chi connectivity index (χ0v) is 21.9. The summed E-state index contributed by atoms with van der Waals surface area (Å²) in [4.78, 5) is 24.5. The van der Waals surface area contributed by atoms with Crippen molar-refractivity contribution in [3.05, 3.63) is 94.1 Å². The fourth-order valence-corrected chi connectivity index (χ4v) is 8.38. The van der Waals surface area contributed by atoms with Crippen LogP contribution in [0.5, 0.6) is 0 Å². The molecule has 2 aromatic carbocycles. The number of hydrogen-bond donors (Lipinski definition) is 5. The number of aliphatic hydroxyl groups is 3.